The van der Waals surface area contributed by atoms with Crippen LogP contribution in [0.3, 0.4) is 0 Å². The Hall–Kier alpha value is -1.38. The van der Waals surface area contributed by atoms with Crippen molar-refractivity contribution in [1.29, 1.82) is 0 Å². The number of thiazole rings is 1. The third kappa shape index (κ3) is 2.23. The average molecular weight is 260 g/mol. The molecule has 0 aliphatic heterocycles. The number of nitrogens with zero attached hydrogens (tertiary/aromatic N) is 1. The van der Waals surface area contributed by atoms with Gasteiger partial charge in [-0.25, -0.2) is 4.98 Å². The summed E-state index contributed by atoms with van der Waals surface area (Å²) in [5, 5.41) is 10.4. The quantitative estimate of drug-likeness (QED) is 0.856. The zero-order chi connectivity index (χ0) is 11.6. The molecular weight excluding hydrogens is 252 g/mol. The van der Waals surface area contributed by atoms with Crippen LogP contribution in [0.25, 0.3) is 0 Å². The lowest BCUT2D eigenvalue weighted by Gasteiger charge is -2.00. The highest BCUT2D eigenvalue weighted by Gasteiger charge is 2.19. The highest BCUT2D eigenvalue weighted by Crippen LogP contribution is 2.19. The van der Waals surface area contributed by atoms with Gasteiger partial charge in [0, 0.05) is 11.6 Å². The van der Waals surface area contributed by atoms with Gasteiger partial charge in [-0.2, -0.15) is 8.42 Å². The Kier molecular flexibility index (Phi) is 2.95. The van der Waals surface area contributed by atoms with Gasteiger partial charge in [-0.15, -0.1) is 11.3 Å². The molecule has 0 fully saturated rings. The summed E-state index contributed by atoms with van der Waals surface area (Å²) in [6.45, 7) is -0.341. The first-order valence-corrected chi connectivity index (χ1v) is 6.60. The maximum atomic E-state index is 11.7. The molecule has 86 valence electrons. The zero-order valence-electron chi connectivity index (χ0n) is 7.95. The van der Waals surface area contributed by atoms with E-state index in [1.807, 2.05) is 0 Å². The summed E-state index contributed by atoms with van der Waals surface area (Å²) in [7, 11) is -3.75. The molecule has 16 heavy (non-hydrogen) atoms. The van der Waals surface area contributed by atoms with Crippen molar-refractivity contribution in [2.24, 2.45) is 0 Å². The van der Waals surface area contributed by atoms with Crippen LogP contribution in [0.2, 0.25) is 0 Å². The fraction of sp³-hybridized carbons (Fsp3) is 0.125. The minimum atomic E-state index is -3.75. The minimum absolute atomic E-state index is 0.194. The first-order valence-electron chi connectivity index (χ1n) is 4.24. The molecule has 8 heteroatoms. The van der Waals surface area contributed by atoms with Gasteiger partial charge in [0.15, 0.2) is 5.13 Å². The molecular formula is C8H8N2O4S2. The monoisotopic (exact) mass is 260 g/mol. The molecule has 0 bridgehead atoms. The van der Waals surface area contributed by atoms with E-state index in [0.717, 1.165) is 11.3 Å². The molecule has 0 aromatic carbocycles. The smallest absolute Gasteiger partial charge is 0.297 e. The molecule has 2 N–H and O–H groups in total. The Morgan fingerprint density at radius 1 is 1.50 bits per heavy atom. The Labute approximate surface area is 95.6 Å². The predicted molar refractivity (Wildman–Crippen MR) is 57.6 cm³/mol. The SMILES string of the molecule is O=S(=O)(Nc1nccs1)c1ccc(CO)o1. The second-order valence-electron chi connectivity index (χ2n) is 2.82. The van der Waals surface area contributed by atoms with Crippen LogP contribution in [0, 0.1) is 0 Å². The summed E-state index contributed by atoms with van der Waals surface area (Å²) in [6, 6.07) is 2.68. The minimum Gasteiger partial charge on any atom is -0.445 e. The molecule has 0 saturated carbocycles. The molecule has 0 aliphatic carbocycles. The van der Waals surface area contributed by atoms with Crippen molar-refractivity contribution in [2.45, 2.75) is 11.7 Å². The molecule has 0 aliphatic rings. The number of anilines is 1. The maximum absolute atomic E-state index is 11.7. The lowest BCUT2D eigenvalue weighted by Crippen LogP contribution is -2.11. The van der Waals surface area contributed by atoms with Crippen LogP contribution in [-0.2, 0) is 16.6 Å². The number of aliphatic hydroxyl groups excluding tert-OH is 1. The van der Waals surface area contributed by atoms with E-state index in [1.54, 1.807) is 5.38 Å². The Balaban J connectivity index is 2.25. The second kappa shape index (κ2) is 4.24. The largest absolute Gasteiger partial charge is 0.445 e. The second-order valence-corrected chi connectivity index (χ2v) is 5.33. The van der Waals surface area contributed by atoms with Crippen LogP contribution in [-0.4, -0.2) is 18.5 Å². The lowest BCUT2D eigenvalue weighted by atomic mass is 10.5. The first-order chi connectivity index (χ1) is 7.62. The Morgan fingerprint density at radius 3 is 2.88 bits per heavy atom. The van der Waals surface area contributed by atoms with Crippen LogP contribution in [0.4, 0.5) is 5.13 Å². The molecule has 0 radical (unpaired) electrons. The molecule has 0 atom stereocenters. The van der Waals surface area contributed by atoms with E-state index in [-0.39, 0.29) is 22.6 Å². The average Bonchev–Trinajstić information content (AvgIpc) is 2.85. The van der Waals surface area contributed by atoms with Gasteiger partial charge in [-0.3, -0.25) is 4.72 Å². The topological polar surface area (TPSA) is 92.4 Å². The van der Waals surface area contributed by atoms with Gasteiger partial charge in [0.2, 0.25) is 5.09 Å². The predicted octanol–water partition coefficient (Wildman–Crippen LogP) is 1.03. The van der Waals surface area contributed by atoms with E-state index in [4.69, 9.17) is 9.52 Å². The molecule has 2 aromatic heterocycles. The number of hydrogen-bond acceptors (Lipinski definition) is 6. The molecule has 0 unspecified atom stereocenters. The summed E-state index contributed by atoms with van der Waals surface area (Å²) >= 11 is 1.16. The lowest BCUT2D eigenvalue weighted by molar-refractivity contribution is 0.236. The van der Waals surface area contributed by atoms with Crippen molar-refractivity contribution in [3.8, 4) is 0 Å². The van der Waals surface area contributed by atoms with Crippen molar-refractivity contribution in [1.82, 2.24) is 4.98 Å². The van der Waals surface area contributed by atoms with E-state index in [1.165, 1.54) is 18.3 Å². The van der Waals surface area contributed by atoms with E-state index in [0.29, 0.717) is 0 Å². The number of aromatic nitrogens is 1. The number of furan rings is 1. The van der Waals surface area contributed by atoms with Crippen LogP contribution in [0.15, 0.2) is 33.2 Å². The van der Waals surface area contributed by atoms with Gasteiger partial charge >= 0.3 is 0 Å². The Bertz CT molecular complexity index is 559. The molecule has 2 aromatic rings. The van der Waals surface area contributed by atoms with Crippen molar-refractivity contribution >= 4 is 26.5 Å². The summed E-state index contributed by atoms with van der Waals surface area (Å²) in [4.78, 5) is 3.79. The van der Waals surface area contributed by atoms with Crippen molar-refractivity contribution in [3.05, 3.63) is 29.5 Å². The number of hydrogen-bond donors (Lipinski definition) is 2. The molecule has 0 spiro atoms. The van der Waals surface area contributed by atoms with E-state index < -0.39 is 10.0 Å². The highest BCUT2D eigenvalue weighted by molar-refractivity contribution is 7.92. The van der Waals surface area contributed by atoms with Crippen molar-refractivity contribution in [3.63, 3.8) is 0 Å². The molecule has 0 saturated heterocycles. The fourth-order valence-electron chi connectivity index (χ4n) is 1.03. The molecule has 6 nitrogen and oxygen atoms in total. The van der Waals surface area contributed by atoms with Gasteiger partial charge in [0.25, 0.3) is 10.0 Å². The number of nitrogens with one attached hydrogen (secondary N) is 1. The highest BCUT2D eigenvalue weighted by atomic mass is 32.2. The van der Waals surface area contributed by atoms with Crippen LogP contribution >= 0.6 is 11.3 Å². The van der Waals surface area contributed by atoms with Gasteiger partial charge in [-0.05, 0) is 12.1 Å². The van der Waals surface area contributed by atoms with Crippen molar-refractivity contribution < 1.29 is 17.9 Å². The summed E-state index contributed by atoms with van der Waals surface area (Å²) in [5.41, 5.74) is 0. The summed E-state index contributed by atoms with van der Waals surface area (Å²) in [6.07, 6.45) is 1.49. The van der Waals surface area contributed by atoms with Crippen molar-refractivity contribution in [2.75, 3.05) is 4.72 Å². The van der Waals surface area contributed by atoms with Crippen LogP contribution in [0.5, 0.6) is 0 Å². The number of rotatable bonds is 4. The number of sulfonamides is 1. The van der Waals surface area contributed by atoms with Gasteiger partial charge in [-0.1, -0.05) is 0 Å². The fourth-order valence-corrected chi connectivity index (χ4v) is 2.77. The summed E-state index contributed by atoms with van der Waals surface area (Å²) < 4.78 is 30.6. The van der Waals surface area contributed by atoms with E-state index in [9.17, 15) is 8.42 Å². The third-order valence-corrected chi connectivity index (χ3v) is 3.74. The van der Waals surface area contributed by atoms with E-state index in [2.05, 4.69) is 9.71 Å². The standard InChI is InChI=1S/C8H8N2O4S2/c11-5-6-1-2-7(14-6)16(12,13)10-8-9-3-4-15-8/h1-4,11H,5H2,(H,9,10). The van der Waals surface area contributed by atoms with Crippen LogP contribution in [0.1, 0.15) is 5.76 Å². The zero-order valence-corrected chi connectivity index (χ0v) is 9.59. The van der Waals surface area contributed by atoms with E-state index >= 15 is 0 Å². The third-order valence-electron chi connectivity index (χ3n) is 1.71. The molecule has 0 amide bonds. The first kappa shape index (κ1) is 11.1. The molecule has 2 heterocycles. The maximum Gasteiger partial charge on any atom is 0.297 e. The van der Waals surface area contributed by atoms with Gasteiger partial charge in [0.1, 0.15) is 12.4 Å². The van der Waals surface area contributed by atoms with Gasteiger partial charge < -0.3 is 9.52 Å². The summed E-state index contributed by atoms with van der Waals surface area (Å²) in [5.74, 6) is 0.194. The molecule has 2 rings (SSSR count). The Morgan fingerprint density at radius 2 is 2.31 bits per heavy atom. The van der Waals surface area contributed by atoms with Gasteiger partial charge in [0.05, 0.1) is 0 Å². The van der Waals surface area contributed by atoms with Crippen LogP contribution < -0.4 is 4.72 Å². The number of aliphatic hydroxyl groups is 1. The normalized spacial score (nSPS) is 11.6.